The number of nitrogens with one attached hydrogen (secondary N) is 1. The number of hydrogen-bond donors (Lipinski definition) is 6. The predicted molar refractivity (Wildman–Crippen MR) is 375 cm³/mol. The minimum atomic E-state index is -1.57. The Morgan fingerprint density at radius 3 is 1.19 bits per heavy atom. The average molecular weight is 1260 g/mol. The molecular weight excluding hydrogens is 1110 g/mol. The molecule has 11 nitrogen and oxygen atoms in total. The maximum absolute atomic E-state index is 13.0. The van der Waals surface area contributed by atoms with Crippen molar-refractivity contribution < 1.29 is 49.3 Å². The van der Waals surface area contributed by atoms with E-state index in [9.17, 15) is 35.1 Å². The van der Waals surface area contributed by atoms with Crippen molar-refractivity contribution in [3.05, 3.63) is 48.6 Å². The van der Waals surface area contributed by atoms with Crippen LogP contribution < -0.4 is 5.32 Å². The summed E-state index contributed by atoms with van der Waals surface area (Å²) in [6, 6.07) is -0.825. The molecule has 1 heterocycles. The highest BCUT2D eigenvalue weighted by atomic mass is 16.7. The lowest BCUT2D eigenvalue weighted by Crippen LogP contribution is -2.60. The van der Waals surface area contributed by atoms with Gasteiger partial charge in [-0.15, -0.1) is 0 Å². The van der Waals surface area contributed by atoms with Crippen LogP contribution in [0.4, 0.5) is 0 Å². The van der Waals surface area contributed by atoms with Crippen molar-refractivity contribution in [2.75, 3.05) is 19.8 Å². The van der Waals surface area contributed by atoms with Gasteiger partial charge in [0.15, 0.2) is 6.29 Å². The molecule has 0 radical (unpaired) electrons. The van der Waals surface area contributed by atoms with E-state index < -0.39 is 49.5 Å². The van der Waals surface area contributed by atoms with Gasteiger partial charge in [0.25, 0.3) is 0 Å². The number of unbranched alkanes of at least 4 members (excludes halogenated alkanes) is 48. The summed E-state index contributed by atoms with van der Waals surface area (Å²) in [5.41, 5.74) is 0. The second kappa shape index (κ2) is 67.1. The molecule has 1 aliphatic heterocycles. The number of rotatable bonds is 68. The highest BCUT2D eigenvalue weighted by molar-refractivity contribution is 5.76. The Hall–Kier alpha value is -2.38. The summed E-state index contributed by atoms with van der Waals surface area (Å²) in [6.45, 7) is 4.33. The molecule has 1 rings (SSSR count). The van der Waals surface area contributed by atoms with Crippen LogP contribution >= 0.6 is 0 Å². The Kier molecular flexibility index (Phi) is 63.8. The fraction of sp³-hybridized carbons (Fsp3) is 0.872. The van der Waals surface area contributed by atoms with E-state index in [0.29, 0.717) is 19.4 Å². The predicted octanol–water partition coefficient (Wildman–Crippen LogP) is 20.3. The average Bonchev–Trinajstić information content (AvgIpc) is 3.11. The number of carbonyl (C=O) groups excluding carboxylic acids is 2. The first-order valence-electron chi connectivity index (χ1n) is 38.4. The largest absolute Gasteiger partial charge is 0.466 e. The van der Waals surface area contributed by atoms with Gasteiger partial charge in [-0.2, -0.15) is 0 Å². The molecule has 0 saturated carbocycles. The number of aliphatic hydroxyl groups excluding tert-OH is 5. The van der Waals surface area contributed by atoms with Crippen LogP contribution in [-0.4, -0.2) is 100 Å². The highest BCUT2D eigenvalue weighted by Gasteiger charge is 2.44. The summed E-state index contributed by atoms with van der Waals surface area (Å²) < 4.78 is 16.7. The molecule has 6 N–H and O–H groups in total. The van der Waals surface area contributed by atoms with Crippen LogP contribution in [0.1, 0.15) is 373 Å². The quantitative estimate of drug-likeness (QED) is 0.0195. The van der Waals surface area contributed by atoms with Gasteiger partial charge in [-0.25, -0.2) is 0 Å². The number of hydrogen-bond acceptors (Lipinski definition) is 10. The van der Waals surface area contributed by atoms with Crippen molar-refractivity contribution in [2.24, 2.45) is 0 Å². The SMILES string of the molecule is CCCCCC/C=C/CC/C=C/C(O)C(COC1OC(CO)C(O)C(O)C1O)NC(=O)CCCCCCCCCCCCCCCCCCC/C=C\C/C=C\CCCCCCCCCCCCCCCOC(=O)CCCCCCCCCCCCCCCC. The van der Waals surface area contributed by atoms with Gasteiger partial charge in [-0.1, -0.05) is 332 Å². The minimum Gasteiger partial charge on any atom is -0.466 e. The number of carbonyl (C=O) groups is 2. The third-order valence-electron chi connectivity index (χ3n) is 18.2. The van der Waals surface area contributed by atoms with Crippen molar-refractivity contribution in [1.29, 1.82) is 0 Å². The van der Waals surface area contributed by atoms with Crippen molar-refractivity contribution in [2.45, 2.75) is 416 Å². The van der Waals surface area contributed by atoms with Crippen molar-refractivity contribution >= 4 is 11.9 Å². The second-order valence-corrected chi connectivity index (χ2v) is 26.7. The summed E-state index contributed by atoms with van der Waals surface area (Å²) in [7, 11) is 0. The molecule has 0 spiro atoms. The summed E-state index contributed by atoms with van der Waals surface area (Å²) >= 11 is 0. The second-order valence-electron chi connectivity index (χ2n) is 26.7. The van der Waals surface area contributed by atoms with Crippen LogP contribution in [-0.2, 0) is 23.8 Å². The first-order chi connectivity index (χ1) is 43.7. The molecule has 522 valence electrons. The molecule has 1 fully saturated rings. The van der Waals surface area contributed by atoms with Crippen LogP contribution in [0.15, 0.2) is 48.6 Å². The molecule has 7 unspecified atom stereocenters. The zero-order valence-electron chi connectivity index (χ0n) is 58.2. The lowest BCUT2D eigenvalue weighted by molar-refractivity contribution is -0.302. The standard InChI is InChI=1S/C78H145NO10/c1-3-5-7-9-11-13-15-16-43-46-50-54-58-62-66-74(83)87-67-63-59-55-51-47-44-41-39-37-35-33-31-29-27-25-23-21-19-17-18-20-22-24-26-28-30-32-34-36-38-40-42-45-49-53-57-61-65-73(82)79-70(69-88-78-77(86)76(85)75(84)72(68-80)89-78)71(81)64-60-56-52-48-14-12-10-8-6-4-2/h14,17,19,23,25,48,60,64,70-72,75-78,80-81,84-86H,3-13,15-16,18,20-22,24,26-47,49-59,61-63,65-69H2,1-2H3,(H,79,82)/b19-17-,25-23-,48-14+,64-60+. The molecule has 7 atom stereocenters. The third-order valence-corrected chi connectivity index (χ3v) is 18.2. The number of amides is 1. The molecule has 1 saturated heterocycles. The zero-order chi connectivity index (χ0) is 64.4. The van der Waals surface area contributed by atoms with Crippen LogP contribution in [0.25, 0.3) is 0 Å². The Bertz CT molecular complexity index is 1620. The molecule has 1 aliphatic rings. The van der Waals surface area contributed by atoms with Gasteiger partial charge in [0.2, 0.25) is 5.91 Å². The molecule has 0 bridgehead atoms. The molecule has 89 heavy (non-hydrogen) atoms. The van der Waals surface area contributed by atoms with E-state index in [1.54, 1.807) is 6.08 Å². The van der Waals surface area contributed by atoms with Crippen LogP contribution in [0.2, 0.25) is 0 Å². The number of ether oxygens (including phenoxy) is 3. The van der Waals surface area contributed by atoms with Crippen LogP contribution in [0.5, 0.6) is 0 Å². The van der Waals surface area contributed by atoms with Gasteiger partial charge in [0.05, 0.1) is 32.0 Å². The number of aliphatic hydroxyl groups is 5. The first kappa shape index (κ1) is 84.6. The van der Waals surface area contributed by atoms with E-state index in [0.717, 1.165) is 57.8 Å². The maximum atomic E-state index is 13.0. The lowest BCUT2D eigenvalue weighted by Gasteiger charge is -2.40. The zero-order valence-corrected chi connectivity index (χ0v) is 58.2. The van der Waals surface area contributed by atoms with Gasteiger partial charge in [-0.05, 0) is 77.0 Å². The van der Waals surface area contributed by atoms with Crippen molar-refractivity contribution in [3.8, 4) is 0 Å². The molecule has 0 aliphatic carbocycles. The van der Waals surface area contributed by atoms with Crippen molar-refractivity contribution in [1.82, 2.24) is 5.32 Å². The van der Waals surface area contributed by atoms with E-state index in [1.165, 1.54) is 289 Å². The number of allylic oxidation sites excluding steroid dienone is 7. The number of esters is 1. The summed E-state index contributed by atoms with van der Waals surface area (Å²) in [6.07, 6.45) is 78.7. The summed E-state index contributed by atoms with van der Waals surface area (Å²) in [4.78, 5) is 25.1. The molecule has 1 amide bonds. The molecule has 0 aromatic carbocycles. The molecule has 11 heteroatoms. The summed E-state index contributed by atoms with van der Waals surface area (Å²) in [5.74, 6) is -0.175. The van der Waals surface area contributed by atoms with Crippen LogP contribution in [0, 0.1) is 0 Å². The van der Waals surface area contributed by atoms with E-state index in [-0.39, 0.29) is 18.5 Å². The van der Waals surface area contributed by atoms with Gasteiger partial charge in [0, 0.05) is 12.8 Å². The fourth-order valence-electron chi connectivity index (χ4n) is 12.1. The van der Waals surface area contributed by atoms with Crippen molar-refractivity contribution in [3.63, 3.8) is 0 Å². The monoisotopic (exact) mass is 1260 g/mol. The van der Waals surface area contributed by atoms with Gasteiger partial charge in [0.1, 0.15) is 24.4 Å². The Morgan fingerprint density at radius 2 is 0.764 bits per heavy atom. The normalized spacial score (nSPS) is 17.9. The first-order valence-corrected chi connectivity index (χ1v) is 38.4. The van der Waals surface area contributed by atoms with E-state index >= 15 is 0 Å². The van der Waals surface area contributed by atoms with E-state index in [2.05, 4.69) is 55.6 Å². The Labute approximate surface area is 548 Å². The van der Waals surface area contributed by atoms with E-state index in [4.69, 9.17) is 14.2 Å². The highest BCUT2D eigenvalue weighted by Crippen LogP contribution is 2.24. The Morgan fingerprint density at radius 1 is 0.416 bits per heavy atom. The smallest absolute Gasteiger partial charge is 0.305 e. The van der Waals surface area contributed by atoms with E-state index in [1.807, 2.05) is 6.08 Å². The van der Waals surface area contributed by atoms with Gasteiger partial charge in [-0.3, -0.25) is 9.59 Å². The minimum absolute atomic E-state index is 0.0150. The maximum Gasteiger partial charge on any atom is 0.305 e. The third kappa shape index (κ3) is 55.8. The van der Waals surface area contributed by atoms with Gasteiger partial charge >= 0.3 is 5.97 Å². The lowest BCUT2D eigenvalue weighted by atomic mass is 9.99. The summed E-state index contributed by atoms with van der Waals surface area (Å²) in [5, 5.41) is 54.3. The fourth-order valence-corrected chi connectivity index (χ4v) is 12.1. The Balaban J connectivity index is 1.89. The molecule has 0 aromatic heterocycles. The topological polar surface area (TPSA) is 175 Å². The van der Waals surface area contributed by atoms with Crippen LogP contribution in [0.3, 0.4) is 0 Å². The molecular formula is C78H145NO10. The van der Waals surface area contributed by atoms with Gasteiger partial charge < -0.3 is 45.1 Å². The molecule has 0 aromatic rings.